The maximum absolute atomic E-state index is 0. The van der Waals surface area contributed by atoms with Gasteiger partial charge in [0.05, 0.1) is 0 Å². The van der Waals surface area contributed by atoms with Gasteiger partial charge in [0.2, 0.25) is 0 Å². The summed E-state index contributed by atoms with van der Waals surface area (Å²) in [5, 5.41) is 0. The number of hydrogen-bond donors (Lipinski definition) is 0. The minimum absolute atomic E-state index is 0. The number of hydrogen-bond acceptors (Lipinski definition) is 0. The van der Waals surface area contributed by atoms with Crippen LogP contribution < -0.4 is 0 Å². The third kappa shape index (κ3) is 58.3. The summed E-state index contributed by atoms with van der Waals surface area (Å²) < 4.78 is 0. The summed E-state index contributed by atoms with van der Waals surface area (Å²) in [7, 11) is 0. The first-order chi connectivity index (χ1) is 0. The molecule has 0 aromatic heterocycles. The van der Waals surface area contributed by atoms with Crippen molar-refractivity contribution >= 4 is 23.1 Å². The first-order valence-electron chi connectivity index (χ1n) is 0. The zero-order valence-corrected chi connectivity index (χ0v) is 6.17. The first-order valence-corrected chi connectivity index (χ1v) is 0. The SMILES string of the molecule is [Mg+2].[Mo+6].[O-2].[O-2].[O-2].[O-2]. The molecule has 0 rings (SSSR count). The average Bonchev–Trinajstić information content (AvgIpc) is 0. The summed E-state index contributed by atoms with van der Waals surface area (Å²) in [5.74, 6) is 0. The van der Waals surface area contributed by atoms with Crippen LogP contribution in [0.2, 0.25) is 0 Å². The zero-order valence-electron chi connectivity index (χ0n) is 2.75. The molecule has 0 bridgehead atoms. The van der Waals surface area contributed by atoms with Crippen molar-refractivity contribution in [2.45, 2.75) is 0 Å². The van der Waals surface area contributed by atoms with Crippen LogP contribution in [0.4, 0.5) is 0 Å². The molecule has 4 nitrogen and oxygen atoms in total. The number of rotatable bonds is 0. The third-order valence-electron chi connectivity index (χ3n) is 0. The van der Waals surface area contributed by atoms with Gasteiger partial charge in [-0.25, -0.2) is 0 Å². The van der Waals surface area contributed by atoms with Crippen molar-refractivity contribution in [1.82, 2.24) is 0 Å². The van der Waals surface area contributed by atoms with Crippen LogP contribution >= 0.6 is 0 Å². The van der Waals surface area contributed by atoms with Crippen molar-refractivity contribution in [1.29, 1.82) is 0 Å². The molecule has 0 aliphatic heterocycles. The molecule has 0 heterocycles. The van der Waals surface area contributed by atoms with E-state index in [2.05, 4.69) is 0 Å². The Bertz CT molecular complexity index is 7.51. The molecule has 0 amide bonds. The van der Waals surface area contributed by atoms with Crippen LogP contribution in [0.15, 0.2) is 0 Å². The van der Waals surface area contributed by atoms with E-state index in [1.54, 1.807) is 0 Å². The average molecular weight is 184 g/mol. The normalized spacial score (nSPS) is 0. The van der Waals surface area contributed by atoms with Gasteiger partial charge in [-0.3, -0.25) is 0 Å². The van der Waals surface area contributed by atoms with E-state index in [0.717, 1.165) is 0 Å². The van der Waals surface area contributed by atoms with Crippen LogP contribution in [0.25, 0.3) is 0 Å². The Morgan fingerprint density at radius 3 is 0.500 bits per heavy atom. The zero-order chi connectivity index (χ0) is 0. The molecule has 0 aliphatic carbocycles. The molecule has 0 unspecified atom stereocenters. The van der Waals surface area contributed by atoms with Crippen LogP contribution in [-0.4, -0.2) is 23.1 Å². The van der Waals surface area contributed by atoms with E-state index in [1.165, 1.54) is 0 Å². The van der Waals surface area contributed by atoms with Gasteiger partial charge in [-0.15, -0.1) is 0 Å². The maximum atomic E-state index is 0. The van der Waals surface area contributed by atoms with E-state index in [-0.39, 0.29) is 66.0 Å². The quantitative estimate of drug-likeness (QED) is 0.436. The van der Waals surface area contributed by atoms with E-state index < -0.39 is 0 Å². The molecule has 0 radical (unpaired) electrons. The van der Waals surface area contributed by atoms with Gasteiger partial charge in [-0.1, -0.05) is 0 Å². The minimum Gasteiger partial charge on any atom is -2.00 e. The molecule has 0 spiro atoms. The summed E-state index contributed by atoms with van der Waals surface area (Å²) in [6, 6.07) is 0. The maximum Gasteiger partial charge on any atom is 6.00 e. The molecular formula is MgMoO4. The minimum atomic E-state index is 0. The fourth-order valence-corrected chi connectivity index (χ4v) is 0. The van der Waals surface area contributed by atoms with Crippen LogP contribution in [0.1, 0.15) is 0 Å². The Morgan fingerprint density at radius 1 is 0.500 bits per heavy atom. The Labute approximate surface area is 65.9 Å². The van der Waals surface area contributed by atoms with Crippen molar-refractivity contribution in [2.24, 2.45) is 0 Å². The van der Waals surface area contributed by atoms with Crippen LogP contribution in [-0.2, 0) is 43.0 Å². The second-order valence-corrected chi connectivity index (χ2v) is 0. The molecule has 0 atom stereocenters. The molecule has 6 heteroatoms. The topological polar surface area (TPSA) is 114 Å². The van der Waals surface area contributed by atoms with E-state index in [4.69, 9.17) is 0 Å². The van der Waals surface area contributed by atoms with Crippen molar-refractivity contribution in [3.05, 3.63) is 0 Å². The van der Waals surface area contributed by atoms with E-state index >= 15 is 0 Å². The van der Waals surface area contributed by atoms with Gasteiger partial charge in [0, 0.05) is 0 Å². The van der Waals surface area contributed by atoms with E-state index in [0.29, 0.717) is 0 Å². The Kier molecular flexibility index (Phi) is 3030. The summed E-state index contributed by atoms with van der Waals surface area (Å²) >= 11 is 0. The van der Waals surface area contributed by atoms with Crippen LogP contribution in [0.5, 0.6) is 0 Å². The Morgan fingerprint density at radius 2 is 0.500 bits per heavy atom. The van der Waals surface area contributed by atoms with Crippen molar-refractivity contribution < 1.29 is 43.0 Å². The van der Waals surface area contributed by atoms with E-state index in [9.17, 15) is 0 Å². The monoisotopic (exact) mass is 186 g/mol. The summed E-state index contributed by atoms with van der Waals surface area (Å²) in [5.41, 5.74) is 0. The summed E-state index contributed by atoms with van der Waals surface area (Å²) in [6.45, 7) is 0. The van der Waals surface area contributed by atoms with E-state index in [1.807, 2.05) is 0 Å². The summed E-state index contributed by atoms with van der Waals surface area (Å²) in [6.07, 6.45) is 0. The Hall–Kier alpha value is 1.29. The Balaban J connectivity index is 0. The fourth-order valence-electron chi connectivity index (χ4n) is 0. The van der Waals surface area contributed by atoms with Gasteiger partial charge in [0.25, 0.3) is 0 Å². The predicted molar refractivity (Wildman–Crippen MR) is 8.50 cm³/mol. The van der Waals surface area contributed by atoms with Gasteiger partial charge in [0.1, 0.15) is 0 Å². The van der Waals surface area contributed by atoms with Crippen molar-refractivity contribution in [2.75, 3.05) is 0 Å². The third-order valence-corrected chi connectivity index (χ3v) is 0. The van der Waals surface area contributed by atoms with Crippen molar-refractivity contribution in [3.63, 3.8) is 0 Å². The molecule has 0 N–H and O–H groups in total. The van der Waals surface area contributed by atoms with Crippen LogP contribution in [0, 0.1) is 0 Å². The molecule has 0 aliphatic rings. The smallest absolute Gasteiger partial charge is 2.00 e. The van der Waals surface area contributed by atoms with Crippen LogP contribution in [0.3, 0.4) is 0 Å². The molecule has 0 fully saturated rings. The largest absolute Gasteiger partial charge is 6.00 e. The second-order valence-electron chi connectivity index (χ2n) is 0. The van der Waals surface area contributed by atoms with Gasteiger partial charge < -0.3 is 21.9 Å². The molecule has 32 valence electrons. The standard InChI is InChI=1S/Mg.Mo.4O/q+2;+6;4*-2. The molecule has 0 aromatic rings. The molecular weight excluding hydrogens is 184 g/mol. The van der Waals surface area contributed by atoms with Gasteiger partial charge in [0.15, 0.2) is 0 Å². The van der Waals surface area contributed by atoms with Gasteiger partial charge >= 0.3 is 44.1 Å². The van der Waals surface area contributed by atoms with Gasteiger partial charge in [-0.2, -0.15) is 0 Å². The molecule has 6 heavy (non-hydrogen) atoms. The molecule has 0 saturated carbocycles. The molecule has 0 saturated heterocycles. The van der Waals surface area contributed by atoms with Crippen molar-refractivity contribution in [3.8, 4) is 0 Å². The second kappa shape index (κ2) is 105. The van der Waals surface area contributed by atoms with Gasteiger partial charge in [-0.05, 0) is 0 Å². The fraction of sp³-hybridized carbons (Fsp3) is 0. The summed E-state index contributed by atoms with van der Waals surface area (Å²) in [4.78, 5) is 0. The molecule has 0 aromatic carbocycles. The first kappa shape index (κ1) is 172. The predicted octanol–water partition coefficient (Wildman–Crippen LogP) is -0.859.